The third-order valence-electron chi connectivity index (χ3n) is 5.21. The molecule has 5 nitrogen and oxygen atoms in total. The van der Waals surface area contributed by atoms with Crippen molar-refractivity contribution in [3.63, 3.8) is 0 Å². The minimum atomic E-state index is -2.96. The molecule has 0 aliphatic carbocycles. The van der Waals surface area contributed by atoms with E-state index in [0.717, 1.165) is 37.3 Å². The van der Waals surface area contributed by atoms with Crippen LogP contribution in [0.25, 0.3) is 0 Å². The molecule has 1 N–H and O–H groups in total. The van der Waals surface area contributed by atoms with Gasteiger partial charge >= 0.3 is 0 Å². The first-order valence-corrected chi connectivity index (χ1v) is 10.4. The van der Waals surface area contributed by atoms with E-state index in [0.29, 0.717) is 19.4 Å². The van der Waals surface area contributed by atoms with Crippen LogP contribution >= 0.6 is 0 Å². The summed E-state index contributed by atoms with van der Waals surface area (Å²) >= 11 is 0. The number of furan rings is 1. The fourth-order valence-electron chi connectivity index (χ4n) is 3.77. The van der Waals surface area contributed by atoms with Crippen LogP contribution in [-0.2, 0) is 9.84 Å². The second-order valence-corrected chi connectivity index (χ2v) is 9.46. The van der Waals surface area contributed by atoms with Gasteiger partial charge in [0.25, 0.3) is 0 Å². The highest BCUT2D eigenvalue weighted by Crippen LogP contribution is 2.34. The summed E-state index contributed by atoms with van der Waals surface area (Å²) in [6.45, 7) is 3.41. The molecule has 0 aromatic carbocycles. The summed E-state index contributed by atoms with van der Waals surface area (Å²) in [6.07, 6.45) is 5.19. The molecule has 0 spiro atoms. The molecule has 1 aromatic heterocycles. The average molecular weight is 341 g/mol. The summed E-state index contributed by atoms with van der Waals surface area (Å²) in [7, 11) is -2.96. The van der Waals surface area contributed by atoms with Crippen molar-refractivity contribution in [1.82, 2.24) is 4.90 Å². The van der Waals surface area contributed by atoms with Crippen LogP contribution in [0.3, 0.4) is 0 Å². The van der Waals surface area contributed by atoms with Gasteiger partial charge in [0.05, 0.1) is 23.1 Å². The topological polar surface area (TPSA) is 70.8 Å². The average Bonchev–Trinajstić information content (AvgIpc) is 2.79. The van der Waals surface area contributed by atoms with Crippen LogP contribution in [0, 0.1) is 6.92 Å². The van der Waals surface area contributed by atoms with E-state index >= 15 is 0 Å². The van der Waals surface area contributed by atoms with Crippen LogP contribution in [0.4, 0.5) is 0 Å². The van der Waals surface area contributed by atoms with Crippen LogP contribution in [0.2, 0.25) is 0 Å². The molecule has 2 saturated heterocycles. The monoisotopic (exact) mass is 341 g/mol. The lowest BCUT2D eigenvalue weighted by atomic mass is 9.94. The second-order valence-electron chi connectivity index (χ2n) is 7.16. The van der Waals surface area contributed by atoms with Gasteiger partial charge in [0.1, 0.15) is 11.5 Å². The first-order chi connectivity index (χ1) is 10.9. The highest BCUT2D eigenvalue weighted by Gasteiger charge is 2.39. The van der Waals surface area contributed by atoms with Crippen LogP contribution in [0.5, 0.6) is 0 Å². The van der Waals surface area contributed by atoms with E-state index in [9.17, 15) is 13.5 Å². The molecule has 130 valence electrons. The third-order valence-corrected chi connectivity index (χ3v) is 6.86. The van der Waals surface area contributed by atoms with Crippen molar-refractivity contribution in [2.24, 2.45) is 0 Å². The summed E-state index contributed by atoms with van der Waals surface area (Å²) < 4.78 is 29.1. The summed E-state index contributed by atoms with van der Waals surface area (Å²) in [5, 5.41) is 10.9. The molecule has 2 aliphatic rings. The Kier molecular flexibility index (Phi) is 4.85. The molecule has 1 unspecified atom stereocenters. The SMILES string of the molecule is Cc1ccc(C2CCCCCN2CC2(O)CCS(=O)(=O)CC2)o1. The van der Waals surface area contributed by atoms with E-state index in [4.69, 9.17) is 4.42 Å². The number of β-amino-alcohol motifs (C(OH)–C–C–N with tert-alkyl or cyclic N) is 1. The molecule has 6 heteroatoms. The van der Waals surface area contributed by atoms with Gasteiger partial charge in [0, 0.05) is 6.54 Å². The van der Waals surface area contributed by atoms with E-state index in [1.807, 2.05) is 19.1 Å². The van der Waals surface area contributed by atoms with Crippen molar-refractivity contribution < 1.29 is 17.9 Å². The predicted octanol–water partition coefficient (Wildman–Crippen LogP) is 2.44. The van der Waals surface area contributed by atoms with Gasteiger partial charge in [-0.25, -0.2) is 8.42 Å². The van der Waals surface area contributed by atoms with E-state index in [-0.39, 0.29) is 17.5 Å². The Morgan fingerprint density at radius 3 is 2.65 bits per heavy atom. The quantitative estimate of drug-likeness (QED) is 0.914. The van der Waals surface area contributed by atoms with Crippen LogP contribution < -0.4 is 0 Å². The minimum Gasteiger partial charge on any atom is -0.465 e. The molecule has 3 heterocycles. The highest BCUT2D eigenvalue weighted by molar-refractivity contribution is 7.91. The first kappa shape index (κ1) is 17.0. The van der Waals surface area contributed by atoms with Gasteiger partial charge in [-0.1, -0.05) is 12.8 Å². The number of hydrogen-bond acceptors (Lipinski definition) is 5. The zero-order valence-corrected chi connectivity index (χ0v) is 14.6. The first-order valence-electron chi connectivity index (χ1n) is 8.60. The van der Waals surface area contributed by atoms with Crippen molar-refractivity contribution in [2.45, 2.75) is 57.1 Å². The molecule has 1 aromatic rings. The van der Waals surface area contributed by atoms with Crippen molar-refractivity contribution in [3.8, 4) is 0 Å². The number of aryl methyl sites for hydroxylation is 1. The maximum absolute atomic E-state index is 11.6. The van der Waals surface area contributed by atoms with Gasteiger partial charge in [-0.05, 0) is 51.3 Å². The lowest BCUT2D eigenvalue weighted by molar-refractivity contribution is -0.0187. The second kappa shape index (κ2) is 6.57. The lowest BCUT2D eigenvalue weighted by Gasteiger charge is -2.39. The minimum absolute atomic E-state index is 0.0991. The number of likely N-dealkylation sites (tertiary alicyclic amines) is 1. The molecule has 0 amide bonds. The fraction of sp³-hybridized carbons (Fsp3) is 0.765. The molecule has 23 heavy (non-hydrogen) atoms. The van der Waals surface area contributed by atoms with Gasteiger partial charge in [-0.15, -0.1) is 0 Å². The number of nitrogens with zero attached hydrogens (tertiary/aromatic N) is 1. The normalized spacial score (nSPS) is 28.3. The molecular formula is C17H27NO4S. The van der Waals surface area contributed by atoms with E-state index in [1.165, 1.54) is 6.42 Å². The fourth-order valence-corrected chi connectivity index (χ4v) is 5.35. The third kappa shape index (κ3) is 4.17. The lowest BCUT2D eigenvalue weighted by Crippen LogP contribution is -2.49. The Hall–Kier alpha value is -0.850. The summed E-state index contributed by atoms with van der Waals surface area (Å²) in [6, 6.07) is 4.21. The standard InChI is InChI=1S/C17H27NO4S/c1-14-6-7-16(22-14)15-5-3-2-4-10-18(15)13-17(19)8-11-23(20,21)12-9-17/h6-7,15,19H,2-5,8-13H2,1H3. The Bertz CT molecular complexity index is 623. The summed E-state index contributed by atoms with van der Waals surface area (Å²) in [5.74, 6) is 2.08. The number of sulfone groups is 1. The van der Waals surface area contributed by atoms with Crippen molar-refractivity contribution in [3.05, 3.63) is 23.7 Å². The largest absolute Gasteiger partial charge is 0.465 e. The Labute approximate surface area is 138 Å². The molecule has 0 saturated carbocycles. The molecular weight excluding hydrogens is 314 g/mol. The Morgan fingerprint density at radius 1 is 1.26 bits per heavy atom. The number of rotatable bonds is 3. The summed E-state index contributed by atoms with van der Waals surface area (Å²) in [4.78, 5) is 2.31. The predicted molar refractivity (Wildman–Crippen MR) is 89.1 cm³/mol. The van der Waals surface area contributed by atoms with Gasteiger partial charge in [-0.3, -0.25) is 4.90 Å². The van der Waals surface area contributed by atoms with Gasteiger partial charge in [0.2, 0.25) is 0 Å². The Balaban J connectivity index is 1.75. The van der Waals surface area contributed by atoms with Crippen molar-refractivity contribution in [2.75, 3.05) is 24.6 Å². The highest BCUT2D eigenvalue weighted by atomic mass is 32.2. The smallest absolute Gasteiger partial charge is 0.150 e. The van der Waals surface area contributed by atoms with Crippen LogP contribution in [-0.4, -0.2) is 48.6 Å². The van der Waals surface area contributed by atoms with E-state index < -0.39 is 15.4 Å². The maximum atomic E-state index is 11.6. The zero-order chi connectivity index (χ0) is 16.5. The van der Waals surface area contributed by atoms with Gasteiger partial charge in [-0.2, -0.15) is 0 Å². The summed E-state index contributed by atoms with van der Waals surface area (Å²) in [5.41, 5.74) is -0.893. The van der Waals surface area contributed by atoms with Gasteiger partial charge < -0.3 is 9.52 Å². The molecule has 1 atom stereocenters. The van der Waals surface area contributed by atoms with Crippen LogP contribution in [0.15, 0.2) is 16.5 Å². The molecule has 2 aliphatic heterocycles. The van der Waals surface area contributed by atoms with E-state index in [1.54, 1.807) is 0 Å². The van der Waals surface area contributed by atoms with Crippen molar-refractivity contribution >= 4 is 9.84 Å². The molecule has 3 rings (SSSR count). The molecule has 2 fully saturated rings. The Morgan fingerprint density at radius 2 is 2.00 bits per heavy atom. The van der Waals surface area contributed by atoms with Crippen molar-refractivity contribution in [1.29, 1.82) is 0 Å². The zero-order valence-electron chi connectivity index (χ0n) is 13.8. The maximum Gasteiger partial charge on any atom is 0.150 e. The molecule has 0 radical (unpaired) electrons. The number of aliphatic hydroxyl groups is 1. The number of hydrogen-bond donors (Lipinski definition) is 1. The van der Waals surface area contributed by atoms with Gasteiger partial charge in [0.15, 0.2) is 9.84 Å². The van der Waals surface area contributed by atoms with E-state index in [2.05, 4.69) is 4.90 Å². The van der Waals surface area contributed by atoms with Crippen LogP contribution in [0.1, 0.15) is 56.1 Å². The molecule has 0 bridgehead atoms.